The van der Waals surface area contributed by atoms with Gasteiger partial charge in [0.2, 0.25) is 18.0 Å². The van der Waals surface area contributed by atoms with Gasteiger partial charge in [-0.1, -0.05) is 52.0 Å². The van der Waals surface area contributed by atoms with Gasteiger partial charge in [-0.05, 0) is 61.2 Å². The quantitative estimate of drug-likeness (QED) is 0.0745. The number of rotatable bonds is 14. The molecule has 3 aliphatic heterocycles. The van der Waals surface area contributed by atoms with E-state index in [0.29, 0.717) is 41.1 Å². The summed E-state index contributed by atoms with van der Waals surface area (Å²) in [6, 6.07) is 18.3. The molecule has 2 fully saturated rings. The SMILES string of the molecule is CCNC(=O)COc1cccc(C2Oc3cc(-c4cnc(C5CC(F)CN5C(=O)C(N)C(C)C)[nH]4)ccc3-c3cc4cc(-c5cnc(C6CC(F)CN6C(=O)C(NC(=O)OC)C(C)C)[nH]5)ccc4n32)c1. The molecular weight excluding hydrogens is 903 g/mol. The van der Waals surface area contributed by atoms with Crippen LogP contribution >= 0.6 is 0 Å². The fraction of sp³-hybridized carbons (Fsp3) is 0.412. The van der Waals surface area contributed by atoms with Gasteiger partial charge in [0.25, 0.3) is 5.91 Å². The lowest BCUT2D eigenvalue weighted by atomic mass is 10.0. The minimum Gasteiger partial charge on any atom is -0.484 e. The van der Waals surface area contributed by atoms with Crippen molar-refractivity contribution in [2.24, 2.45) is 17.6 Å². The van der Waals surface area contributed by atoms with Crippen LogP contribution in [0.4, 0.5) is 13.6 Å². The maximum Gasteiger partial charge on any atom is 0.407 e. The molecule has 19 heteroatoms. The molecule has 6 aromatic rings. The van der Waals surface area contributed by atoms with Crippen LogP contribution in [-0.2, 0) is 19.1 Å². The number of nitrogens with two attached hydrogens (primary N) is 1. The van der Waals surface area contributed by atoms with Crippen molar-refractivity contribution in [3.63, 3.8) is 0 Å². The summed E-state index contributed by atoms with van der Waals surface area (Å²) in [7, 11) is 1.22. The van der Waals surface area contributed by atoms with Crippen molar-refractivity contribution in [3.8, 4) is 45.3 Å². The Kier molecular flexibility index (Phi) is 13.4. The monoisotopic (exact) mass is 960 g/mol. The number of likely N-dealkylation sites (N-methyl/N-ethyl adjacent to an activating group) is 1. The summed E-state index contributed by atoms with van der Waals surface area (Å²) in [6.07, 6.45) is -0.443. The van der Waals surface area contributed by atoms with E-state index in [4.69, 9.17) is 19.9 Å². The maximum atomic E-state index is 15.1. The molecule has 3 aliphatic rings. The van der Waals surface area contributed by atoms with Crippen LogP contribution in [0.15, 0.2) is 79.1 Å². The van der Waals surface area contributed by atoms with Crippen molar-refractivity contribution in [1.29, 1.82) is 0 Å². The standard InChI is InChI=1S/C51H58F2N10O7/c1-7-55-43(64)25-69-34-10-8-9-30(16-34)50-63-38-14-12-28(36-21-56-47(58-36)41-20-33(53)24-62(41)49(66)45(27(4)5)60-51(67)68-6)15-31(38)17-39(63)35-13-11-29(18-42(35)70-50)37-22-57-46(59-37)40-19-32(52)23-61(40)48(65)44(54)26(2)3/h8-18,21-22,26-27,32-33,40-41,44-45,50H,7,19-20,23-25,54H2,1-6H3,(H,55,64)(H,56,58)(H,57,59)(H,60,67). The van der Waals surface area contributed by atoms with Crippen molar-refractivity contribution in [2.75, 3.05) is 33.4 Å². The smallest absolute Gasteiger partial charge is 0.407 e. The van der Waals surface area contributed by atoms with E-state index in [1.807, 2.05) is 75.4 Å². The Bertz CT molecular complexity index is 2930. The van der Waals surface area contributed by atoms with Crippen LogP contribution < -0.4 is 25.8 Å². The van der Waals surface area contributed by atoms with Crippen molar-refractivity contribution < 1.29 is 42.2 Å². The van der Waals surface area contributed by atoms with Gasteiger partial charge in [-0.25, -0.2) is 23.5 Å². The molecule has 0 saturated carbocycles. The molecule has 6 N–H and O–H groups in total. The molecule has 0 aliphatic carbocycles. The number of carbonyl (C=O) groups excluding carboxylic acids is 4. The Morgan fingerprint density at radius 3 is 2.11 bits per heavy atom. The van der Waals surface area contributed by atoms with Crippen LogP contribution in [0.5, 0.6) is 11.5 Å². The minimum absolute atomic E-state index is 0.0442. The van der Waals surface area contributed by atoms with Crippen molar-refractivity contribution in [1.82, 2.24) is 44.9 Å². The topological polar surface area (TPSA) is 215 Å². The van der Waals surface area contributed by atoms with Gasteiger partial charge in [-0.3, -0.25) is 14.4 Å². The van der Waals surface area contributed by atoms with E-state index < -0.39 is 54.7 Å². The fourth-order valence-electron chi connectivity index (χ4n) is 9.64. The molecule has 0 radical (unpaired) electrons. The first-order valence-electron chi connectivity index (χ1n) is 23.7. The van der Waals surface area contributed by atoms with E-state index in [9.17, 15) is 23.6 Å². The highest BCUT2D eigenvalue weighted by molar-refractivity contribution is 5.93. The van der Waals surface area contributed by atoms with E-state index >= 15 is 4.39 Å². The summed E-state index contributed by atoms with van der Waals surface area (Å²) in [4.78, 5) is 70.5. The number of alkyl carbamates (subject to hydrolysis) is 1. The molecule has 368 valence electrons. The van der Waals surface area contributed by atoms with Crippen LogP contribution in [0.2, 0.25) is 0 Å². The number of aromatic amines is 2. The second-order valence-corrected chi connectivity index (χ2v) is 18.8. The number of likely N-dealkylation sites (tertiary alicyclic amines) is 2. The van der Waals surface area contributed by atoms with Crippen LogP contribution in [0.3, 0.4) is 0 Å². The predicted molar refractivity (Wildman–Crippen MR) is 257 cm³/mol. The van der Waals surface area contributed by atoms with Gasteiger partial charge in [-0.15, -0.1) is 0 Å². The van der Waals surface area contributed by atoms with E-state index in [1.165, 1.54) is 16.9 Å². The van der Waals surface area contributed by atoms with Gasteiger partial charge in [-0.2, -0.15) is 0 Å². The van der Waals surface area contributed by atoms with Gasteiger partial charge in [0.15, 0.2) is 6.61 Å². The average molecular weight is 961 g/mol. The third-order valence-electron chi connectivity index (χ3n) is 13.4. The number of benzene rings is 3. The lowest BCUT2D eigenvalue weighted by Gasteiger charge is -2.31. The number of nitrogens with one attached hydrogen (secondary N) is 4. The van der Waals surface area contributed by atoms with E-state index in [1.54, 1.807) is 32.3 Å². The Hall–Kier alpha value is -7.28. The maximum absolute atomic E-state index is 15.1. The first-order valence-corrected chi connectivity index (χ1v) is 23.7. The molecule has 7 atom stereocenters. The third-order valence-corrected chi connectivity index (χ3v) is 13.4. The number of nitrogens with zero attached hydrogens (tertiary/aromatic N) is 5. The number of amides is 4. The Morgan fingerprint density at radius 1 is 0.843 bits per heavy atom. The number of methoxy groups -OCH3 is 1. The van der Waals surface area contributed by atoms with E-state index in [2.05, 4.69) is 41.2 Å². The lowest BCUT2D eigenvalue weighted by molar-refractivity contribution is -0.136. The lowest BCUT2D eigenvalue weighted by Crippen LogP contribution is -2.51. The van der Waals surface area contributed by atoms with Crippen LogP contribution in [-0.4, -0.2) is 116 Å². The molecule has 17 nitrogen and oxygen atoms in total. The zero-order chi connectivity index (χ0) is 49.5. The summed E-state index contributed by atoms with van der Waals surface area (Å²) in [5.74, 6) is 0.578. The number of hydrogen-bond acceptors (Lipinski definition) is 10. The molecule has 70 heavy (non-hydrogen) atoms. The highest BCUT2D eigenvalue weighted by atomic mass is 19.1. The molecule has 2 saturated heterocycles. The van der Waals surface area contributed by atoms with E-state index in [-0.39, 0.29) is 56.2 Å². The number of aromatic nitrogens is 5. The second-order valence-electron chi connectivity index (χ2n) is 18.8. The van der Waals surface area contributed by atoms with Gasteiger partial charge in [0.1, 0.15) is 41.5 Å². The van der Waals surface area contributed by atoms with Gasteiger partial charge in [0, 0.05) is 47.0 Å². The molecule has 0 bridgehead atoms. The van der Waals surface area contributed by atoms with Crippen LogP contribution in [0.25, 0.3) is 44.7 Å². The number of ether oxygens (including phenoxy) is 3. The Morgan fingerprint density at radius 2 is 1.49 bits per heavy atom. The third kappa shape index (κ3) is 9.28. The fourth-order valence-corrected chi connectivity index (χ4v) is 9.64. The normalized spacial score (nSPS) is 20.5. The average Bonchev–Trinajstić information content (AvgIpc) is 4.21. The highest BCUT2D eigenvalue weighted by Crippen LogP contribution is 2.47. The molecule has 3 aromatic carbocycles. The van der Waals surface area contributed by atoms with Crippen LogP contribution in [0, 0.1) is 11.8 Å². The number of halogens is 2. The molecule has 6 heterocycles. The minimum atomic E-state index is -1.28. The predicted octanol–water partition coefficient (Wildman–Crippen LogP) is 7.13. The summed E-state index contributed by atoms with van der Waals surface area (Å²) < 4.78 is 49.7. The molecular formula is C51H58F2N10O7. The van der Waals surface area contributed by atoms with Crippen LogP contribution in [0.1, 0.15) is 83.0 Å². The number of fused-ring (bicyclic) bond motifs is 5. The number of carbonyl (C=O) groups is 4. The summed E-state index contributed by atoms with van der Waals surface area (Å²) >= 11 is 0. The van der Waals surface area contributed by atoms with Gasteiger partial charge < -0.3 is 54.9 Å². The summed E-state index contributed by atoms with van der Waals surface area (Å²) in [5.41, 5.74) is 12.4. The largest absolute Gasteiger partial charge is 0.484 e. The Labute approximate surface area is 403 Å². The Balaban J connectivity index is 1.05. The molecule has 0 spiro atoms. The van der Waals surface area contributed by atoms with Gasteiger partial charge in [0.05, 0.1) is 73.3 Å². The number of imidazole rings is 2. The number of hydrogen-bond donors (Lipinski definition) is 5. The summed E-state index contributed by atoms with van der Waals surface area (Å²) in [6.45, 7) is 9.29. The molecule has 3 aromatic heterocycles. The summed E-state index contributed by atoms with van der Waals surface area (Å²) in [5, 5.41) is 6.23. The molecule has 4 amide bonds. The first-order chi connectivity index (χ1) is 33.6. The second kappa shape index (κ2) is 19.6. The van der Waals surface area contributed by atoms with Crippen molar-refractivity contribution in [2.45, 2.75) is 90.2 Å². The number of alkyl halides is 2. The molecule has 7 unspecified atom stereocenters. The highest BCUT2D eigenvalue weighted by Gasteiger charge is 2.43. The first kappa shape index (κ1) is 47.8. The van der Waals surface area contributed by atoms with E-state index in [0.717, 1.165) is 38.9 Å². The van der Waals surface area contributed by atoms with Crippen molar-refractivity contribution >= 4 is 34.7 Å². The zero-order valence-electron chi connectivity index (χ0n) is 39.9. The van der Waals surface area contributed by atoms with Gasteiger partial charge >= 0.3 is 6.09 Å². The molecule has 9 rings (SSSR count). The number of H-pyrrole nitrogens is 2. The zero-order valence-corrected chi connectivity index (χ0v) is 39.9. The van der Waals surface area contributed by atoms with Crippen molar-refractivity contribution in [3.05, 3.63) is 96.3 Å².